The van der Waals surface area contributed by atoms with E-state index in [-0.39, 0.29) is 5.56 Å². The zero-order valence-electron chi connectivity index (χ0n) is 17.7. The van der Waals surface area contributed by atoms with Crippen LogP contribution in [0.1, 0.15) is 28.8 Å². The van der Waals surface area contributed by atoms with Crippen LogP contribution in [0.3, 0.4) is 0 Å². The van der Waals surface area contributed by atoms with E-state index in [2.05, 4.69) is 39.8 Å². The number of hydrogen-bond donors (Lipinski definition) is 3. The van der Waals surface area contributed by atoms with Crippen LogP contribution in [-0.2, 0) is 0 Å². The Balaban J connectivity index is 1.34. The number of nitrogens with zero attached hydrogens (tertiary/aromatic N) is 1. The first-order valence-corrected chi connectivity index (χ1v) is 11.1. The third kappa shape index (κ3) is 3.94. The largest absolute Gasteiger partial charge is 0.478 e. The number of carboxylic acids is 1. The number of aryl methyl sites for hydroxylation is 1. The van der Waals surface area contributed by atoms with E-state index in [4.69, 9.17) is 16.3 Å². The van der Waals surface area contributed by atoms with Crippen LogP contribution in [0.2, 0.25) is 5.02 Å². The van der Waals surface area contributed by atoms with Gasteiger partial charge in [-0.3, -0.25) is 0 Å². The predicted octanol–water partition coefficient (Wildman–Crippen LogP) is 5.81. The van der Waals surface area contributed by atoms with Gasteiger partial charge in [0.25, 0.3) is 0 Å². The number of halogens is 1. The van der Waals surface area contributed by atoms with Gasteiger partial charge in [0.15, 0.2) is 0 Å². The van der Waals surface area contributed by atoms with E-state index in [9.17, 15) is 9.90 Å². The lowest BCUT2D eigenvalue weighted by molar-refractivity contribution is 0.0695. The standard InChI is InChI=1S/C25H24ClN3O3/c1-15-4-9-18(12-19(15)24(30)31)32-25-27-22-13-20(21(26)14-23(22)28-25)16-5-7-17(8-6-16)29-10-2-3-11-29/h4-9,12-14,25,27-28H,2-3,10-11H2,1H3,(H,30,31). The highest BCUT2D eigenvalue weighted by atomic mass is 35.5. The Bertz CT molecular complexity index is 1170. The molecule has 164 valence electrons. The first kappa shape index (κ1) is 20.5. The minimum Gasteiger partial charge on any atom is -0.478 e. The molecule has 1 unspecified atom stereocenters. The fraction of sp³-hybridized carbons (Fsp3) is 0.240. The number of benzene rings is 3. The molecule has 0 aromatic heterocycles. The zero-order chi connectivity index (χ0) is 22.2. The van der Waals surface area contributed by atoms with E-state index in [0.717, 1.165) is 35.6 Å². The highest BCUT2D eigenvalue weighted by Gasteiger charge is 2.23. The fourth-order valence-corrected chi connectivity index (χ4v) is 4.55. The molecule has 3 N–H and O–H groups in total. The summed E-state index contributed by atoms with van der Waals surface area (Å²) in [5.74, 6) is -0.509. The second-order valence-electron chi connectivity index (χ2n) is 8.19. The van der Waals surface area contributed by atoms with Crippen molar-refractivity contribution in [3.63, 3.8) is 0 Å². The Labute approximate surface area is 191 Å². The summed E-state index contributed by atoms with van der Waals surface area (Å²) in [4.78, 5) is 13.8. The molecule has 1 atom stereocenters. The van der Waals surface area contributed by atoms with Crippen molar-refractivity contribution in [1.29, 1.82) is 0 Å². The van der Waals surface area contributed by atoms with E-state index >= 15 is 0 Å². The van der Waals surface area contributed by atoms with Crippen LogP contribution < -0.4 is 20.3 Å². The summed E-state index contributed by atoms with van der Waals surface area (Å²) >= 11 is 6.61. The Hall–Kier alpha value is -3.38. The number of rotatable bonds is 5. The van der Waals surface area contributed by atoms with Crippen molar-refractivity contribution in [2.45, 2.75) is 26.1 Å². The van der Waals surface area contributed by atoms with Crippen LogP contribution in [0.15, 0.2) is 54.6 Å². The molecule has 3 aromatic rings. The molecule has 0 amide bonds. The van der Waals surface area contributed by atoms with Crippen LogP contribution in [0.4, 0.5) is 17.1 Å². The molecule has 6 nitrogen and oxygen atoms in total. The van der Waals surface area contributed by atoms with Crippen LogP contribution in [0, 0.1) is 6.92 Å². The molecule has 0 radical (unpaired) electrons. The van der Waals surface area contributed by atoms with Gasteiger partial charge in [-0.05, 0) is 67.3 Å². The minimum absolute atomic E-state index is 0.223. The number of carbonyl (C=O) groups is 1. The molecular formula is C25H24ClN3O3. The number of hydrogen-bond acceptors (Lipinski definition) is 5. The quantitative estimate of drug-likeness (QED) is 0.456. The van der Waals surface area contributed by atoms with Gasteiger partial charge in [-0.25, -0.2) is 4.79 Å². The van der Waals surface area contributed by atoms with Crippen LogP contribution >= 0.6 is 11.6 Å². The number of fused-ring (bicyclic) bond motifs is 1. The predicted molar refractivity (Wildman–Crippen MR) is 128 cm³/mol. The summed E-state index contributed by atoms with van der Waals surface area (Å²) < 4.78 is 5.93. The SMILES string of the molecule is Cc1ccc(OC2Nc3cc(Cl)c(-c4ccc(N5CCCC5)cc4)cc3N2)cc1C(=O)O. The summed E-state index contributed by atoms with van der Waals surface area (Å²) in [7, 11) is 0. The van der Waals surface area contributed by atoms with E-state index in [0.29, 0.717) is 16.3 Å². The molecule has 7 heteroatoms. The van der Waals surface area contributed by atoms with E-state index in [1.165, 1.54) is 24.6 Å². The first-order valence-electron chi connectivity index (χ1n) is 10.7. The van der Waals surface area contributed by atoms with Gasteiger partial charge in [-0.15, -0.1) is 0 Å². The third-order valence-corrected chi connectivity index (χ3v) is 6.34. The third-order valence-electron chi connectivity index (χ3n) is 6.02. The van der Waals surface area contributed by atoms with Crippen LogP contribution in [-0.4, -0.2) is 30.5 Å². The Morgan fingerprint density at radius 1 is 1.03 bits per heavy atom. The lowest BCUT2D eigenvalue weighted by atomic mass is 10.0. The highest BCUT2D eigenvalue weighted by Crippen LogP contribution is 2.39. The molecule has 5 rings (SSSR count). The summed E-state index contributed by atoms with van der Waals surface area (Å²) in [5.41, 5.74) is 5.86. The monoisotopic (exact) mass is 449 g/mol. The summed E-state index contributed by atoms with van der Waals surface area (Å²) in [6.07, 6.45) is 1.97. The van der Waals surface area contributed by atoms with Gasteiger partial charge in [0, 0.05) is 24.3 Å². The van der Waals surface area contributed by atoms with Crippen molar-refractivity contribution in [2.24, 2.45) is 0 Å². The summed E-state index contributed by atoms with van der Waals surface area (Å²) in [5, 5.41) is 16.5. The topological polar surface area (TPSA) is 73.8 Å². The molecule has 0 bridgehead atoms. The van der Waals surface area contributed by atoms with Gasteiger partial charge >= 0.3 is 5.97 Å². The Morgan fingerprint density at radius 3 is 2.41 bits per heavy atom. The maximum absolute atomic E-state index is 11.4. The lowest BCUT2D eigenvalue weighted by Gasteiger charge is -2.18. The van der Waals surface area contributed by atoms with E-state index < -0.39 is 12.3 Å². The minimum atomic E-state index is -0.976. The van der Waals surface area contributed by atoms with Gasteiger partial charge in [-0.2, -0.15) is 0 Å². The highest BCUT2D eigenvalue weighted by molar-refractivity contribution is 6.34. The van der Waals surface area contributed by atoms with Crippen molar-refractivity contribution < 1.29 is 14.6 Å². The summed E-state index contributed by atoms with van der Waals surface area (Å²) in [6.45, 7) is 3.99. The maximum atomic E-state index is 11.4. The van der Waals surface area contributed by atoms with E-state index in [1.807, 2.05) is 12.1 Å². The molecule has 0 saturated carbocycles. The fourth-order valence-electron chi connectivity index (χ4n) is 4.28. The number of carboxylic acid groups (broad SMARTS) is 1. The molecule has 2 aliphatic rings. The molecule has 1 fully saturated rings. The van der Waals surface area contributed by atoms with Crippen molar-refractivity contribution in [3.05, 3.63) is 70.7 Å². The average molecular weight is 450 g/mol. The second kappa shape index (κ2) is 8.28. The molecule has 32 heavy (non-hydrogen) atoms. The smallest absolute Gasteiger partial charge is 0.336 e. The molecule has 3 aromatic carbocycles. The summed E-state index contributed by atoms with van der Waals surface area (Å²) in [6, 6.07) is 17.4. The number of nitrogens with one attached hydrogen (secondary N) is 2. The van der Waals surface area contributed by atoms with Gasteiger partial charge in [0.05, 0.1) is 22.0 Å². The lowest BCUT2D eigenvalue weighted by Crippen LogP contribution is -2.29. The zero-order valence-corrected chi connectivity index (χ0v) is 18.4. The molecule has 0 aliphatic carbocycles. The Morgan fingerprint density at radius 2 is 1.72 bits per heavy atom. The maximum Gasteiger partial charge on any atom is 0.336 e. The van der Waals surface area contributed by atoms with Gasteiger partial charge in [-0.1, -0.05) is 29.8 Å². The number of aromatic carboxylic acids is 1. The van der Waals surface area contributed by atoms with Gasteiger partial charge in [0.1, 0.15) is 5.75 Å². The molecule has 2 heterocycles. The normalized spacial score (nSPS) is 16.9. The number of ether oxygens (including phenoxy) is 1. The van der Waals surface area contributed by atoms with Crippen molar-refractivity contribution in [1.82, 2.24) is 0 Å². The van der Waals surface area contributed by atoms with Crippen molar-refractivity contribution in [3.8, 4) is 16.9 Å². The molecule has 0 spiro atoms. The van der Waals surface area contributed by atoms with Gasteiger partial charge < -0.3 is 25.4 Å². The second-order valence-corrected chi connectivity index (χ2v) is 8.59. The molecule has 2 aliphatic heterocycles. The average Bonchev–Trinajstić information content (AvgIpc) is 3.44. The van der Waals surface area contributed by atoms with Crippen molar-refractivity contribution >= 4 is 34.6 Å². The number of anilines is 3. The van der Waals surface area contributed by atoms with Crippen LogP contribution in [0.5, 0.6) is 5.75 Å². The van der Waals surface area contributed by atoms with Crippen LogP contribution in [0.25, 0.3) is 11.1 Å². The van der Waals surface area contributed by atoms with Gasteiger partial charge in [0.2, 0.25) is 6.35 Å². The molecule has 1 saturated heterocycles. The van der Waals surface area contributed by atoms with Crippen molar-refractivity contribution in [2.75, 3.05) is 28.6 Å². The first-order chi connectivity index (χ1) is 15.5. The Kier molecular flexibility index (Phi) is 5.31. The van der Waals surface area contributed by atoms with E-state index in [1.54, 1.807) is 19.1 Å². The molecular weight excluding hydrogens is 426 g/mol.